The largest absolute Gasteiger partial charge is 0.478 e. The Bertz CT molecular complexity index is 895. The van der Waals surface area contributed by atoms with Crippen molar-refractivity contribution in [3.63, 3.8) is 0 Å². The first-order chi connectivity index (χ1) is 12.1. The number of imidazole rings is 1. The van der Waals surface area contributed by atoms with Gasteiger partial charge >= 0.3 is 5.97 Å². The van der Waals surface area contributed by atoms with Crippen LogP contribution in [-0.4, -0.2) is 20.6 Å². The van der Waals surface area contributed by atoms with Crippen molar-refractivity contribution in [2.45, 2.75) is 45.1 Å². The average molecular weight is 338 g/mol. The summed E-state index contributed by atoms with van der Waals surface area (Å²) in [6.45, 7) is 2.30. The Morgan fingerprint density at radius 1 is 1.32 bits per heavy atom. The molecular formula is C20H22N2O3. The maximum absolute atomic E-state index is 11.3. The van der Waals surface area contributed by atoms with E-state index in [1.54, 1.807) is 18.4 Å². The van der Waals surface area contributed by atoms with Crippen LogP contribution in [-0.2, 0) is 6.42 Å². The van der Waals surface area contributed by atoms with E-state index in [0.717, 1.165) is 29.0 Å². The molecule has 0 saturated heterocycles. The van der Waals surface area contributed by atoms with Crippen LogP contribution in [0.3, 0.4) is 0 Å². The molecule has 2 atom stereocenters. The highest BCUT2D eigenvalue weighted by molar-refractivity contribution is 5.92. The number of hydrogen-bond donors (Lipinski definition) is 1. The summed E-state index contributed by atoms with van der Waals surface area (Å²) in [4.78, 5) is 16.1. The first kappa shape index (κ1) is 15.9. The molecule has 1 aliphatic carbocycles. The van der Waals surface area contributed by atoms with E-state index in [1.165, 1.54) is 19.3 Å². The average Bonchev–Trinajstić information content (AvgIpc) is 3.22. The minimum atomic E-state index is -0.921. The fraction of sp³-hybridized carbons (Fsp3) is 0.400. The number of benzene rings is 1. The van der Waals surface area contributed by atoms with Crippen LogP contribution in [0.1, 0.15) is 60.6 Å². The first-order valence-electron chi connectivity index (χ1n) is 8.90. The smallest absolute Gasteiger partial charge is 0.335 e. The van der Waals surface area contributed by atoms with Crippen molar-refractivity contribution in [1.29, 1.82) is 0 Å². The van der Waals surface area contributed by atoms with Crippen LogP contribution in [0.2, 0.25) is 0 Å². The molecule has 0 radical (unpaired) electrons. The van der Waals surface area contributed by atoms with Crippen LogP contribution in [0.4, 0.5) is 0 Å². The molecule has 3 aromatic rings. The minimum Gasteiger partial charge on any atom is -0.478 e. The summed E-state index contributed by atoms with van der Waals surface area (Å²) in [5, 5.41) is 9.27. The Morgan fingerprint density at radius 2 is 2.16 bits per heavy atom. The number of carboxylic acids is 1. The zero-order valence-electron chi connectivity index (χ0n) is 14.3. The van der Waals surface area contributed by atoms with Crippen LogP contribution in [0, 0.1) is 5.92 Å². The molecule has 2 unspecified atom stereocenters. The second-order valence-electron chi connectivity index (χ2n) is 6.99. The van der Waals surface area contributed by atoms with Gasteiger partial charge < -0.3 is 14.1 Å². The lowest BCUT2D eigenvalue weighted by molar-refractivity contribution is 0.0697. The summed E-state index contributed by atoms with van der Waals surface area (Å²) in [6.07, 6.45) is 7.15. The van der Waals surface area contributed by atoms with E-state index in [1.807, 2.05) is 18.2 Å². The summed E-state index contributed by atoms with van der Waals surface area (Å²) >= 11 is 0. The number of rotatable bonds is 4. The fourth-order valence-electron chi connectivity index (χ4n) is 4.03. The van der Waals surface area contributed by atoms with E-state index in [4.69, 9.17) is 9.40 Å². The number of nitrogens with zero attached hydrogens (tertiary/aromatic N) is 2. The number of aromatic carboxylic acids is 1. The summed E-state index contributed by atoms with van der Waals surface area (Å²) in [5.74, 6) is 1.49. The topological polar surface area (TPSA) is 68.3 Å². The molecule has 1 aliphatic rings. The number of furan rings is 1. The van der Waals surface area contributed by atoms with Gasteiger partial charge in [-0.15, -0.1) is 0 Å². The van der Waals surface area contributed by atoms with Gasteiger partial charge in [-0.1, -0.05) is 19.8 Å². The van der Waals surface area contributed by atoms with Crippen molar-refractivity contribution >= 4 is 17.0 Å². The lowest BCUT2D eigenvalue weighted by Crippen LogP contribution is -2.23. The van der Waals surface area contributed by atoms with E-state index in [0.29, 0.717) is 18.4 Å². The summed E-state index contributed by atoms with van der Waals surface area (Å²) in [5.41, 5.74) is 2.04. The predicted molar refractivity (Wildman–Crippen MR) is 94.9 cm³/mol. The molecule has 1 aromatic carbocycles. The minimum absolute atomic E-state index is 0.276. The molecule has 1 N–H and O–H groups in total. The second-order valence-corrected chi connectivity index (χ2v) is 6.99. The zero-order valence-corrected chi connectivity index (χ0v) is 14.3. The Hall–Kier alpha value is -2.56. The molecule has 2 heterocycles. The Morgan fingerprint density at radius 3 is 2.88 bits per heavy atom. The van der Waals surface area contributed by atoms with E-state index in [2.05, 4.69) is 11.5 Å². The Balaban J connectivity index is 1.85. The lowest BCUT2D eigenvalue weighted by Gasteiger charge is -2.31. The van der Waals surface area contributed by atoms with E-state index < -0.39 is 5.97 Å². The molecular weight excluding hydrogens is 316 g/mol. The van der Waals surface area contributed by atoms with Crippen molar-refractivity contribution in [2.24, 2.45) is 5.92 Å². The van der Waals surface area contributed by atoms with E-state index in [-0.39, 0.29) is 5.56 Å². The maximum atomic E-state index is 11.3. The van der Waals surface area contributed by atoms with Crippen LogP contribution in [0.25, 0.3) is 11.0 Å². The number of carboxylic acid groups (broad SMARTS) is 1. The van der Waals surface area contributed by atoms with Crippen LogP contribution in [0.5, 0.6) is 0 Å². The molecule has 4 rings (SSSR count). The normalized spacial score (nSPS) is 20.8. The van der Waals surface area contributed by atoms with Gasteiger partial charge in [0.1, 0.15) is 11.6 Å². The maximum Gasteiger partial charge on any atom is 0.335 e. The van der Waals surface area contributed by atoms with Gasteiger partial charge in [-0.2, -0.15) is 0 Å². The number of fused-ring (bicyclic) bond motifs is 1. The highest BCUT2D eigenvalue weighted by Crippen LogP contribution is 2.37. The van der Waals surface area contributed by atoms with Gasteiger partial charge in [0, 0.05) is 6.04 Å². The third-order valence-electron chi connectivity index (χ3n) is 5.32. The monoisotopic (exact) mass is 338 g/mol. The molecule has 5 heteroatoms. The Kier molecular flexibility index (Phi) is 4.07. The molecule has 1 fully saturated rings. The molecule has 130 valence electrons. The van der Waals surface area contributed by atoms with Gasteiger partial charge in [-0.3, -0.25) is 0 Å². The highest BCUT2D eigenvalue weighted by Gasteiger charge is 2.27. The molecule has 25 heavy (non-hydrogen) atoms. The Labute approximate surface area is 146 Å². The zero-order chi connectivity index (χ0) is 17.4. The van der Waals surface area contributed by atoms with E-state index >= 15 is 0 Å². The standard InChI is InChI=1S/C20H22N2O3/c1-13-5-2-3-7-17(13)22-18-9-8-14(20(23)24)11-16(18)21-19(22)12-15-6-4-10-25-15/h4,6,8-11,13,17H,2-3,5,7,12H2,1H3,(H,23,24). The number of aromatic nitrogens is 2. The van der Waals surface area contributed by atoms with Gasteiger partial charge in [0.05, 0.1) is 29.3 Å². The fourth-order valence-corrected chi connectivity index (χ4v) is 4.03. The van der Waals surface area contributed by atoms with Crippen LogP contribution >= 0.6 is 0 Å². The first-order valence-corrected chi connectivity index (χ1v) is 8.90. The summed E-state index contributed by atoms with van der Waals surface area (Å²) < 4.78 is 7.84. The van der Waals surface area contributed by atoms with Crippen molar-refractivity contribution in [2.75, 3.05) is 0 Å². The van der Waals surface area contributed by atoms with Gasteiger partial charge in [-0.25, -0.2) is 9.78 Å². The molecule has 0 spiro atoms. The van der Waals surface area contributed by atoms with Crippen molar-refractivity contribution in [1.82, 2.24) is 9.55 Å². The summed E-state index contributed by atoms with van der Waals surface area (Å²) in [7, 11) is 0. The van der Waals surface area contributed by atoms with Gasteiger partial charge in [0.2, 0.25) is 0 Å². The quantitative estimate of drug-likeness (QED) is 0.750. The van der Waals surface area contributed by atoms with Crippen molar-refractivity contribution in [3.05, 3.63) is 53.7 Å². The van der Waals surface area contributed by atoms with E-state index in [9.17, 15) is 9.90 Å². The SMILES string of the molecule is CC1CCCCC1n1c(Cc2ccco2)nc2cc(C(=O)O)ccc21. The second kappa shape index (κ2) is 6.39. The van der Waals surface area contributed by atoms with Crippen LogP contribution < -0.4 is 0 Å². The number of carbonyl (C=O) groups is 1. The van der Waals surface area contributed by atoms with Crippen molar-refractivity contribution < 1.29 is 14.3 Å². The van der Waals surface area contributed by atoms with Gasteiger partial charge in [-0.05, 0) is 49.1 Å². The predicted octanol–water partition coefficient (Wildman–Crippen LogP) is 4.67. The third-order valence-corrected chi connectivity index (χ3v) is 5.32. The molecule has 0 bridgehead atoms. The van der Waals surface area contributed by atoms with Crippen LogP contribution in [0.15, 0.2) is 41.0 Å². The molecule has 0 aliphatic heterocycles. The molecule has 1 saturated carbocycles. The number of hydrogen-bond acceptors (Lipinski definition) is 3. The molecule has 0 amide bonds. The third kappa shape index (κ3) is 2.95. The lowest BCUT2D eigenvalue weighted by atomic mass is 9.85. The summed E-state index contributed by atoms with van der Waals surface area (Å²) in [6, 6.07) is 9.49. The molecule has 2 aromatic heterocycles. The van der Waals surface area contributed by atoms with Gasteiger partial charge in [0.25, 0.3) is 0 Å². The molecule has 5 nitrogen and oxygen atoms in total. The highest BCUT2D eigenvalue weighted by atomic mass is 16.4. The van der Waals surface area contributed by atoms with Crippen molar-refractivity contribution in [3.8, 4) is 0 Å². The van der Waals surface area contributed by atoms with Gasteiger partial charge in [0.15, 0.2) is 0 Å².